The number of hydrogen-bond donors (Lipinski definition) is 1. The van der Waals surface area contributed by atoms with Crippen LogP contribution in [0.4, 0.5) is 0 Å². The molecule has 20 heavy (non-hydrogen) atoms. The van der Waals surface area contributed by atoms with Crippen molar-refractivity contribution < 1.29 is 9.47 Å². The lowest BCUT2D eigenvalue weighted by molar-refractivity contribution is 0.0338. The fourth-order valence-corrected chi connectivity index (χ4v) is 3.07. The second-order valence-corrected chi connectivity index (χ2v) is 5.81. The van der Waals surface area contributed by atoms with E-state index >= 15 is 0 Å². The van der Waals surface area contributed by atoms with Gasteiger partial charge in [0.2, 0.25) is 0 Å². The topological polar surface area (TPSA) is 33.7 Å². The number of nitrogens with zero attached hydrogens (tertiary/aromatic N) is 1. The number of ether oxygens (including phenoxy) is 2. The van der Waals surface area contributed by atoms with E-state index in [0.717, 1.165) is 51.6 Å². The van der Waals surface area contributed by atoms with Crippen LogP contribution in [0.1, 0.15) is 23.6 Å². The van der Waals surface area contributed by atoms with Crippen molar-refractivity contribution in [3.63, 3.8) is 0 Å². The van der Waals surface area contributed by atoms with Gasteiger partial charge in [-0.25, -0.2) is 0 Å². The fourth-order valence-electron chi connectivity index (χ4n) is 3.07. The molecule has 2 heterocycles. The van der Waals surface area contributed by atoms with Crippen LogP contribution in [-0.4, -0.2) is 44.4 Å². The molecule has 1 saturated heterocycles. The van der Waals surface area contributed by atoms with Gasteiger partial charge >= 0.3 is 0 Å². The highest BCUT2D eigenvalue weighted by Gasteiger charge is 2.19. The van der Waals surface area contributed by atoms with E-state index in [0.29, 0.717) is 6.04 Å². The Kier molecular flexibility index (Phi) is 4.24. The first kappa shape index (κ1) is 13.9. The predicted octanol–water partition coefficient (Wildman–Crippen LogP) is 1.56. The second-order valence-electron chi connectivity index (χ2n) is 5.81. The van der Waals surface area contributed by atoms with E-state index < -0.39 is 0 Å². The average molecular weight is 276 g/mol. The van der Waals surface area contributed by atoms with Crippen LogP contribution >= 0.6 is 0 Å². The monoisotopic (exact) mass is 276 g/mol. The number of nitrogens with one attached hydrogen (secondary N) is 1. The summed E-state index contributed by atoms with van der Waals surface area (Å²) in [5.41, 5.74) is 4.16. The molecular weight excluding hydrogens is 252 g/mol. The van der Waals surface area contributed by atoms with Crippen molar-refractivity contribution in [2.24, 2.45) is 0 Å². The van der Waals surface area contributed by atoms with E-state index in [-0.39, 0.29) is 0 Å². The maximum atomic E-state index is 5.59. The maximum absolute atomic E-state index is 5.59. The maximum Gasteiger partial charge on any atom is 0.123 e. The van der Waals surface area contributed by atoms with Crippen LogP contribution in [0.3, 0.4) is 0 Å². The summed E-state index contributed by atoms with van der Waals surface area (Å²) in [4.78, 5) is 2.44. The smallest absolute Gasteiger partial charge is 0.123 e. The first-order valence-corrected chi connectivity index (χ1v) is 7.48. The Morgan fingerprint density at radius 3 is 2.85 bits per heavy atom. The van der Waals surface area contributed by atoms with Gasteiger partial charge in [-0.1, -0.05) is 6.07 Å². The van der Waals surface area contributed by atoms with Gasteiger partial charge in [-0.2, -0.15) is 0 Å². The lowest BCUT2D eigenvalue weighted by Gasteiger charge is -2.29. The van der Waals surface area contributed by atoms with Gasteiger partial charge in [0.05, 0.1) is 20.3 Å². The van der Waals surface area contributed by atoms with Crippen molar-refractivity contribution in [3.05, 3.63) is 28.8 Å². The minimum Gasteiger partial charge on any atom is -0.496 e. The summed E-state index contributed by atoms with van der Waals surface area (Å²) in [6.45, 7) is 7.86. The van der Waals surface area contributed by atoms with Gasteiger partial charge in [0.15, 0.2) is 0 Å². The van der Waals surface area contributed by atoms with Crippen LogP contribution in [-0.2, 0) is 24.2 Å². The van der Waals surface area contributed by atoms with E-state index in [1.54, 1.807) is 7.11 Å². The lowest BCUT2D eigenvalue weighted by Crippen LogP contribution is -2.36. The second kappa shape index (κ2) is 6.12. The molecule has 3 rings (SSSR count). The van der Waals surface area contributed by atoms with Crippen molar-refractivity contribution in [3.8, 4) is 5.75 Å². The van der Waals surface area contributed by atoms with E-state index in [2.05, 4.69) is 29.3 Å². The zero-order chi connectivity index (χ0) is 13.9. The average Bonchev–Trinajstić information content (AvgIpc) is 2.47. The number of methoxy groups -OCH3 is 1. The number of morpholine rings is 1. The van der Waals surface area contributed by atoms with Crippen molar-refractivity contribution in [2.75, 3.05) is 33.4 Å². The normalized spacial score (nSPS) is 23.4. The molecule has 0 aliphatic carbocycles. The molecule has 4 nitrogen and oxygen atoms in total. The SMILES string of the molecule is COc1cc2c(cc1CN1CCOCC1)CC(C)NC2. The summed E-state index contributed by atoms with van der Waals surface area (Å²) in [6.07, 6.45) is 1.11. The molecule has 0 radical (unpaired) electrons. The molecule has 0 aromatic heterocycles. The Morgan fingerprint density at radius 1 is 1.30 bits per heavy atom. The zero-order valence-corrected chi connectivity index (χ0v) is 12.4. The molecule has 0 saturated carbocycles. The van der Waals surface area contributed by atoms with E-state index in [1.807, 2.05) is 0 Å². The van der Waals surface area contributed by atoms with E-state index in [1.165, 1.54) is 16.7 Å². The predicted molar refractivity (Wildman–Crippen MR) is 79.1 cm³/mol. The van der Waals surface area contributed by atoms with Gasteiger partial charge < -0.3 is 14.8 Å². The quantitative estimate of drug-likeness (QED) is 0.908. The van der Waals surface area contributed by atoms with Gasteiger partial charge in [0.25, 0.3) is 0 Å². The molecule has 110 valence electrons. The van der Waals surface area contributed by atoms with Crippen LogP contribution < -0.4 is 10.1 Å². The molecule has 1 unspecified atom stereocenters. The molecule has 2 aliphatic rings. The van der Waals surface area contributed by atoms with Gasteiger partial charge in [-0.15, -0.1) is 0 Å². The molecule has 0 amide bonds. The van der Waals surface area contributed by atoms with Crippen LogP contribution in [0, 0.1) is 0 Å². The molecule has 2 aliphatic heterocycles. The third kappa shape index (κ3) is 2.97. The van der Waals surface area contributed by atoms with Gasteiger partial charge in [0, 0.05) is 37.8 Å². The van der Waals surface area contributed by atoms with Crippen molar-refractivity contribution in [1.29, 1.82) is 0 Å². The summed E-state index contributed by atoms with van der Waals surface area (Å²) in [7, 11) is 1.77. The molecule has 1 aromatic carbocycles. The summed E-state index contributed by atoms with van der Waals surface area (Å²) in [5, 5.41) is 3.51. The highest BCUT2D eigenvalue weighted by molar-refractivity contribution is 5.44. The van der Waals surface area contributed by atoms with Crippen LogP contribution in [0.2, 0.25) is 0 Å². The minimum atomic E-state index is 0.562. The van der Waals surface area contributed by atoms with Gasteiger partial charge in [-0.3, -0.25) is 4.90 Å². The third-order valence-corrected chi connectivity index (χ3v) is 4.27. The molecular formula is C16H24N2O2. The van der Waals surface area contributed by atoms with Crippen molar-refractivity contribution in [2.45, 2.75) is 32.5 Å². The Labute approximate surface area is 121 Å². The Bertz CT molecular complexity index is 470. The number of fused-ring (bicyclic) bond motifs is 1. The lowest BCUT2D eigenvalue weighted by atomic mass is 9.94. The molecule has 1 aromatic rings. The number of hydrogen-bond acceptors (Lipinski definition) is 4. The highest BCUT2D eigenvalue weighted by atomic mass is 16.5. The van der Waals surface area contributed by atoms with Crippen molar-refractivity contribution in [1.82, 2.24) is 10.2 Å². The van der Waals surface area contributed by atoms with E-state index in [9.17, 15) is 0 Å². The molecule has 1 atom stereocenters. The van der Waals surface area contributed by atoms with Crippen LogP contribution in [0.5, 0.6) is 5.75 Å². The van der Waals surface area contributed by atoms with Gasteiger partial charge in [-0.05, 0) is 30.5 Å². The number of rotatable bonds is 3. The highest BCUT2D eigenvalue weighted by Crippen LogP contribution is 2.28. The molecule has 4 heteroatoms. The zero-order valence-electron chi connectivity index (χ0n) is 12.4. The largest absolute Gasteiger partial charge is 0.496 e. The fraction of sp³-hybridized carbons (Fsp3) is 0.625. The van der Waals surface area contributed by atoms with Crippen LogP contribution in [0.25, 0.3) is 0 Å². The molecule has 1 N–H and O–H groups in total. The first-order valence-electron chi connectivity index (χ1n) is 7.48. The van der Waals surface area contributed by atoms with Crippen molar-refractivity contribution >= 4 is 0 Å². The Hall–Kier alpha value is -1.10. The minimum absolute atomic E-state index is 0.562. The Balaban J connectivity index is 1.82. The summed E-state index contributed by atoms with van der Waals surface area (Å²) in [6, 6.07) is 5.12. The third-order valence-electron chi connectivity index (χ3n) is 4.27. The summed E-state index contributed by atoms with van der Waals surface area (Å²) >= 11 is 0. The molecule has 1 fully saturated rings. The first-order chi connectivity index (χ1) is 9.76. The Morgan fingerprint density at radius 2 is 2.10 bits per heavy atom. The summed E-state index contributed by atoms with van der Waals surface area (Å²) < 4.78 is 11.0. The van der Waals surface area contributed by atoms with Crippen LogP contribution in [0.15, 0.2) is 12.1 Å². The van der Waals surface area contributed by atoms with E-state index in [4.69, 9.17) is 9.47 Å². The standard InChI is InChI=1S/C16H24N2O2/c1-12-7-13-8-15(11-18-3-5-20-6-4-18)16(19-2)9-14(13)10-17-12/h8-9,12,17H,3-7,10-11H2,1-2H3. The molecule has 0 bridgehead atoms. The number of benzene rings is 1. The summed E-state index contributed by atoms with van der Waals surface area (Å²) in [5.74, 6) is 1.02. The molecule has 0 spiro atoms. The van der Waals surface area contributed by atoms with Gasteiger partial charge in [0.1, 0.15) is 5.75 Å².